The Hall–Kier alpha value is 0.717. The Morgan fingerprint density at radius 2 is 0.542 bits per heavy atom. The van der Waals surface area contributed by atoms with Gasteiger partial charge in [-0.15, -0.1) is 0 Å². The minimum atomic E-state index is -2.52. The van der Waals surface area contributed by atoms with Gasteiger partial charge >= 0.3 is 163 Å². The Balaban J connectivity index is 6.00. The van der Waals surface area contributed by atoms with Gasteiger partial charge in [0.2, 0.25) is 0 Å². The number of hydrogen-bond acceptors (Lipinski definition) is 0. The first-order chi connectivity index (χ1) is 10.9. The van der Waals surface area contributed by atoms with Crippen LogP contribution in [0.5, 0.6) is 0 Å². The molecule has 0 N–H and O–H groups in total. The maximum absolute atomic E-state index is 3.84. The molecule has 0 aromatic rings. The van der Waals surface area contributed by atoms with E-state index >= 15 is 0 Å². The fourth-order valence-electron chi connectivity index (χ4n) is 5.15. The molecule has 0 aromatic heterocycles. The zero-order valence-corrected chi connectivity index (χ0v) is 24.2. The second-order valence-electron chi connectivity index (χ2n) is 9.29. The third-order valence-electron chi connectivity index (χ3n) is 6.35. The van der Waals surface area contributed by atoms with E-state index in [0.29, 0.717) is 0 Å². The van der Waals surface area contributed by atoms with E-state index < -0.39 is 36.8 Å². The van der Waals surface area contributed by atoms with Crippen LogP contribution in [-0.4, -0.2) is 36.8 Å². The van der Waals surface area contributed by atoms with Gasteiger partial charge in [-0.25, -0.2) is 0 Å². The number of hydrogen-bond donors (Lipinski definition) is 0. The van der Waals surface area contributed by atoms with Crippen LogP contribution in [0.4, 0.5) is 0 Å². The van der Waals surface area contributed by atoms with E-state index in [1.165, 1.54) is 0 Å². The standard InChI is InChI=1S/C4.6C3H7.2Sn/c1-3-4-2;6*1-3-2;;/h;6*3H,1-2H3;;. The molecular formula is C22H42Sn2. The Labute approximate surface area is 162 Å². The summed E-state index contributed by atoms with van der Waals surface area (Å²) in [6, 6.07) is 0. The molecule has 0 atom stereocenters. The van der Waals surface area contributed by atoms with Crippen LogP contribution in [-0.2, 0) is 0 Å². The molecule has 0 unspecified atom stereocenters. The third-order valence-corrected chi connectivity index (χ3v) is 42.3. The summed E-state index contributed by atoms with van der Waals surface area (Å²) in [5, 5.41) is 0. The summed E-state index contributed by atoms with van der Waals surface area (Å²) >= 11 is -5.03. The normalized spacial score (nSPS) is 12.9. The average molecular weight is 544 g/mol. The monoisotopic (exact) mass is 546 g/mol. The summed E-state index contributed by atoms with van der Waals surface area (Å²) in [6.45, 7) is 28.8. The van der Waals surface area contributed by atoms with Crippen molar-refractivity contribution in [3.63, 3.8) is 0 Å². The molecule has 0 heterocycles. The van der Waals surface area contributed by atoms with E-state index in [9.17, 15) is 0 Å². The molecule has 0 aliphatic heterocycles. The van der Waals surface area contributed by atoms with Gasteiger partial charge in [0.15, 0.2) is 0 Å². The Morgan fingerprint density at radius 3 is 0.667 bits per heavy atom. The second-order valence-corrected chi connectivity index (χ2v) is 41.1. The average Bonchev–Trinajstić information content (AvgIpc) is 2.40. The fraction of sp³-hybridized carbons (Fsp3) is 0.818. The van der Waals surface area contributed by atoms with E-state index in [1.807, 2.05) is 0 Å². The zero-order chi connectivity index (χ0) is 19.3. The molecule has 0 saturated carbocycles. The first-order valence-corrected chi connectivity index (χ1v) is 22.7. The van der Waals surface area contributed by atoms with Crippen molar-refractivity contribution >= 4 is 36.8 Å². The van der Waals surface area contributed by atoms with Gasteiger partial charge in [0.05, 0.1) is 0 Å². The van der Waals surface area contributed by atoms with Gasteiger partial charge < -0.3 is 0 Å². The van der Waals surface area contributed by atoms with Crippen LogP contribution in [0.15, 0.2) is 0 Å². The first kappa shape index (κ1) is 24.7. The fourth-order valence-corrected chi connectivity index (χ4v) is 34.5. The molecule has 24 heavy (non-hydrogen) atoms. The summed E-state index contributed by atoms with van der Waals surface area (Å²) in [7, 11) is 0. The summed E-state index contributed by atoms with van der Waals surface area (Å²) in [5.41, 5.74) is 0. The summed E-state index contributed by atoms with van der Waals surface area (Å²) in [5.74, 6) is 6.85. The van der Waals surface area contributed by atoms with E-state index in [-0.39, 0.29) is 0 Å². The predicted octanol–water partition coefficient (Wildman–Crippen LogP) is 7.43. The number of rotatable bonds is 6. The molecule has 0 spiro atoms. The Bertz CT molecular complexity index is 410. The van der Waals surface area contributed by atoms with Crippen LogP contribution in [0.1, 0.15) is 83.1 Å². The molecule has 0 aliphatic carbocycles. The van der Waals surface area contributed by atoms with Crippen molar-refractivity contribution in [1.82, 2.24) is 0 Å². The van der Waals surface area contributed by atoms with Crippen molar-refractivity contribution in [3.05, 3.63) is 0 Å². The van der Waals surface area contributed by atoms with Gasteiger partial charge in [0, 0.05) is 0 Å². The van der Waals surface area contributed by atoms with E-state index in [2.05, 4.69) is 103 Å². The van der Waals surface area contributed by atoms with Crippen LogP contribution >= 0.6 is 0 Å². The molecular weight excluding hydrogens is 502 g/mol. The van der Waals surface area contributed by atoms with Crippen LogP contribution in [0.3, 0.4) is 0 Å². The summed E-state index contributed by atoms with van der Waals surface area (Å²) in [6.07, 6.45) is 0. The SMILES string of the molecule is C[CH](C)[Sn]([C]#CC#[C][Sn]([CH](C)C)([CH](C)C)[CH](C)C)([CH](C)C)[CH](C)C. The summed E-state index contributed by atoms with van der Waals surface area (Å²) < 4.78 is 12.2. The van der Waals surface area contributed by atoms with Crippen molar-refractivity contribution in [2.45, 2.75) is 107 Å². The van der Waals surface area contributed by atoms with E-state index in [4.69, 9.17) is 0 Å². The van der Waals surface area contributed by atoms with Crippen LogP contribution in [0.2, 0.25) is 23.6 Å². The molecule has 0 aliphatic rings. The van der Waals surface area contributed by atoms with Gasteiger partial charge in [-0.05, 0) is 0 Å². The predicted molar refractivity (Wildman–Crippen MR) is 118 cm³/mol. The van der Waals surface area contributed by atoms with Crippen molar-refractivity contribution < 1.29 is 0 Å². The molecule has 0 aromatic carbocycles. The molecule has 0 rings (SSSR count). The molecule has 2 heteroatoms. The van der Waals surface area contributed by atoms with Gasteiger partial charge in [0.1, 0.15) is 0 Å². The second kappa shape index (κ2) is 10.2. The third kappa shape index (κ3) is 5.13. The zero-order valence-electron chi connectivity index (χ0n) is 18.5. The van der Waals surface area contributed by atoms with E-state index in [0.717, 1.165) is 23.6 Å². The molecule has 0 nitrogen and oxygen atoms in total. The topological polar surface area (TPSA) is 0 Å². The van der Waals surface area contributed by atoms with Crippen molar-refractivity contribution in [2.24, 2.45) is 0 Å². The van der Waals surface area contributed by atoms with Crippen LogP contribution in [0, 0.1) is 19.7 Å². The molecule has 0 bridgehead atoms. The van der Waals surface area contributed by atoms with Gasteiger partial charge in [-0.1, -0.05) is 0 Å². The Morgan fingerprint density at radius 1 is 0.375 bits per heavy atom. The van der Waals surface area contributed by atoms with Crippen molar-refractivity contribution in [2.75, 3.05) is 0 Å². The Kier molecular flexibility index (Phi) is 10.5. The van der Waals surface area contributed by atoms with Crippen LogP contribution in [0.25, 0.3) is 0 Å². The van der Waals surface area contributed by atoms with Crippen molar-refractivity contribution in [3.8, 4) is 19.7 Å². The quantitative estimate of drug-likeness (QED) is 0.241. The maximum atomic E-state index is 3.84. The van der Waals surface area contributed by atoms with Crippen LogP contribution < -0.4 is 0 Å². The molecule has 0 radical (unpaired) electrons. The molecule has 0 fully saturated rings. The molecule has 138 valence electrons. The van der Waals surface area contributed by atoms with E-state index in [1.54, 1.807) is 0 Å². The van der Waals surface area contributed by atoms with Gasteiger partial charge in [-0.2, -0.15) is 0 Å². The molecule has 0 amide bonds. The first-order valence-electron chi connectivity index (χ1n) is 9.91. The minimum absolute atomic E-state index is 0.752. The van der Waals surface area contributed by atoms with Gasteiger partial charge in [-0.3, -0.25) is 0 Å². The van der Waals surface area contributed by atoms with Crippen molar-refractivity contribution in [1.29, 1.82) is 0 Å². The van der Waals surface area contributed by atoms with Gasteiger partial charge in [0.25, 0.3) is 0 Å². The molecule has 0 saturated heterocycles. The summed E-state index contributed by atoms with van der Waals surface area (Å²) in [4.78, 5) is 0.